The second kappa shape index (κ2) is 9.78. The van der Waals surface area contributed by atoms with E-state index in [1.807, 2.05) is 6.07 Å². The van der Waals surface area contributed by atoms with Gasteiger partial charge in [-0.05, 0) is 62.1 Å². The summed E-state index contributed by atoms with van der Waals surface area (Å²) in [5.41, 5.74) is 0.278. The highest BCUT2D eigenvalue weighted by atomic mass is 32.5. The number of likely N-dealkylation sites (tertiary alicyclic amines) is 1. The molecule has 0 bridgehead atoms. The van der Waals surface area contributed by atoms with Crippen LogP contribution in [0.4, 0.5) is 19.4 Å². The molecule has 3 atom stereocenters. The molecule has 2 amide bonds. The van der Waals surface area contributed by atoms with Crippen LogP contribution in [0.15, 0.2) is 29.2 Å². The molecule has 0 spiro atoms. The summed E-state index contributed by atoms with van der Waals surface area (Å²) in [6.45, 7) is 0.778. The third-order valence-electron chi connectivity index (χ3n) is 8.33. The Balaban J connectivity index is 1.25. The van der Waals surface area contributed by atoms with Gasteiger partial charge < -0.3 is 10.2 Å². The normalized spacial score (nSPS) is 27.3. The Bertz CT molecular complexity index is 1360. The number of rotatable bonds is 8. The molecule has 41 heavy (non-hydrogen) atoms. The zero-order valence-electron chi connectivity index (χ0n) is 22.1. The van der Waals surface area contributed by atoms with Crippen molar-refractivity contribution in [3.8, 4) is 6.07 Å². The van der Waals surface area contributed by atoms with Gasteiger partial charge in [-0.1, -0.05) is 31.6 Å². The van der Waals surface area contributed by atoms with E-state index < -0.39 is 49.2 Å². The fraction of sp³-hybridized carbons (Fsp3) is 0.640. The van der Waals surface area contributed by atoms with Gasteiger partial charge in [0.1, 0.15) is 10.9 Å². The summed E-state index contributed by atoms with van der Waals surface area (Å²) < 4.78 is 94.2. The van der Waals surface area contributed by atoms with E-state index in [1.54, 1.807) is 0 Å². The van der Waals surface area contributed by atoms with Crippen molar-refractivity contribution in [1.82, 2.24) is 18.8 Å². The number of benzene rings is 1. The summed E-state index contributed by atoms with van der Waals surface area (Å²) in [5, 5.41) is 11.8. The zero-order valence-corrected chi connectivity index (χ0v) is 23.7. The first-order valence-electron chi connectivity index (χ1n) is 13.6. The van der Waals surface area contributed by atoms with Crippen LogP contribution in [0.1, 0.15) is 50.1 Å². The monoisotopic (exact) mass is 625 g/mol. The number of hydrogen-bond acceptors (Lipinski definition) is 5. The van der Waals surface area contributed by atoms with Crippen LogP contribution in [-0.2, 0) is 19.8 Å². The van der Waals surface area contributed by atoms with Crippen molar-refractivity contribution in [2.75, 3.05) is 32.7 Å². The molecule has 3 saturated heterocycles. The van der Waals surface area contributed by atoms with E-state index in [-0.39, 0.29) is 49.5 Å². The number of carbonyl (C=O) groups excluding carboxylic acids is 2. The number of hydrogen-bond donors (Lipinski definition) is 1. The summed E-state index contributed by atoms with van der Waals surface area (Å²) >= 11 is 0. The number of nitriles is 1. The molecule has 1 aromatic rings. The Kier molecular flexibility index (Phi) is 7.16. The van der Waals surface area contributed by atoms with Gasteiger partial charge in [-0.3, -0.25) is 9.59 Å². The quantitative estimate of drug-likeness (QED) is 0.433. The second-order valence-electron chi connectivity index (χ2n) is 11.4. The van der Waals surface area contributed by atoms with E-state index in [0.717, 1.165) is 12.1 Å². The van der Waals surface area contributed by atoms with E-state index in [4.69, 9.17) is 5.26 Å². The lowest BCUT2D eigenvalue weighted by Crippen LogP contribution is -2.57. The maximum Gasteiger partial charge on any atom is 0.310 e. The van der Waals surface area contributed by atoms with Crippen LogP contribution in [0.25, 0.3) is 0 Å². The minimum atomic E-state index is -9.82. The van der Waals surface area contributed by atoms with Crippen molar-refractivity contribution in [2.24, 2.45) is 17.8 Å². The van der Waals surface area contributed by atoms with E-state index in [0.29, 0.717) is 57.2 Å². The molecule has 4 aliphatic rings. The fourth-order valence-electron chi connectivity index (χ4n) is 5.85. The summed E-state index contributed by atoms with van der Waals surface area (Å²) in [5.74, 6) is -1.86. The SMILES string of the molecule is N#CC1CN(S(=O)(=O)N2CCC[C@H](C(=O)N3CCC[C@@H]3C(=O)NC(c3ccc(S(F)(F)(F)(F)F)cc3)C3CC3)C2)C1. The minimum Gasteiger partial charge on any atom is -0.347 e. The lowest BCUT2D eigenvalue weighted by molar-refractivity contribution is -0.142. The Labute approximate surface area is 235 Å². The van der Waals surface area contributed by atoms with Gasteiger partial charge in [0, 0.05) is 32.7 Å². The lowest BCUT2D eigenvalue weighted by Gasteiger charge is -2.41. The van der Waals surface area contributed by atoms with Crippen molar-refractivity contribution >= 4 is 32.2 Å². The Morgan fingerprint density at radius 1 is 0.927 bits per heavy atom. The van der Waals surface area contributed by atoms with Crippen molar-refractivity contribution in [3.05, 3.63) is 29.8 Å². The van der Waals surface area contributed by atoms with Gasteiger partial charge in [0.15, 0.2) is 0 Å². The number of nitrogens with one attached hydrogen (secondary N) is 1. The summed E-state index contributed by atoms with van der Waals surface area (Å²) in [6, 6.07) is 3.13. The van der Waals surface area contributed by atoms with Crippen LogP contribution < -0.4 is 5.32 Å². The molecule has 5 rings (SSSR count). The molecule has 0 radical (unpaired) electrons. The molecule has 3 aliphatic heterocycles. The molecule has 3 heterocycles. The lowest BCUT2D eigenvalue weighted by atomic mass is 9.97. The summed E-state index contributed by atoms with van der Waals surface area (Å²) in [7, 11) is -13.6. The summed E-state index contributed by atoms with van der Waals surface area (Å²) in [6.07, 6.45) is 3.26. The molecule has 1 saturated carbocycles. The van der Waals surface area contributed by atoms with E-state index in [9.17, 15) is 37.4 Å². The predicted octanol–water partition coefficient (Wildman–Crippen LogP) is 4.31. The molecule has 1 aliphatic carbocycles. The molecule has 1 unspecified atom stereocenters. The Morgan fingerprint density at radius 3 is 2.15 bits per heavy atom. The number of carbonyl (C=O) groups is 2. The van der Waals surface area contributed by atoms with Crippen LogP contribution >= 0.6 is 10.2 Å². The van der Waals surface area contributed by atoms with Gasteiger partial charge in [0.25, 0.3) is 10.2 Å². The third kappa shape index (κ3) is 6.32. The van der Waals surface area contributed by atoms with E-state index >= 15 is 0 Å². The largest absolute Gasteiger partial charge is 0.347 e. The van der Waals surface area contributed by atoms with Gasteiger partial charge in [-0.25, -0.2) is 0 Å². The smallest absolute Gasteiger partial charge is 0.310 e. The maximum atomic E-state index is 13.5. The number of piperidine rings is 1. The van der Waals surface area contributed by atoms with E-state index in [1.165, 1.54) is 13.5 Å². The molecule has 9 nitrogen and oxygen atoms in total. The van der Waals surface area contributed by atoms with Crippen LogP contribution in [0.3, 0.4) is 0 Å². The number of amides is 2. The van der Waals surface area contributed by atoms with Gasteiger partial charge in [0.2, 0.25) is 11.8 Å². The highest BCUT2D eigenvalue weighted by Gasteiger charge is 2.65. The highest BCUT2D eigenvalue weighted by molar-refractivity contribution is 8.45. The molecular weight excluding hydrogens is 593 g/mol. The van der Waals surface area contributed by atoms with Crippen molar-refractivity contribution in [3.63, 3.8) is 0 Å². The van der Waals surface area contributed by atoms with Crippen LogP contribution in [0, 0.1) is 29.1 Å². The Hall–Kier alpha value is -2.48. The second-order valence-corrected chi connectivity index (χ2v) is 15.7. The molecule has 16 heteroatoms. The molecule has 1 aromatic carbocycles. The van der Waals surface area contributed by atoms with Crippen LogP contribution in [0.2, 0.25) is 0 Å². The number of halogens is 5. The predicted molar refractivity (Wildman–Crippen MR) is 140 cm³/mol. The molecule has 1 N–H and O–H groups in total. The average molecular weight is 626 g/mol. The first kappa shape index (κ1) is 30.0. The molecular formula is C25H32F5N5O4S2. The van der Waals surface area contributed by atoms with Crippen molar-refractivity contribution in [2.45, 2.75) is 55.5 Å². The highest BCUT2D eigenvalue weighted by Crippen LogP contribution is 3.02. The first-order chi connectivity index (χ1) is 19.0. The molecule has 0 aromatic heterocycles. The van der Waals surface area contributed by atoms with Gasteiger partial charge >= 0.3 is 10.2 Å². The van der Waals surface area contributed by atoms with Gasteiger partial charge in [-0.2, -0.15) is 22.3 Å². The summed E-state index contributed by atoms with van der Waals surface area (Å²) in [4.78, 5) is 26.3. The van der Waals surface area contributed by atoms with Crippen molar-refractivity contribution in [1.29, 1.82) is 5.26 Å². The van der Waals surface area contributed by atoms with Crippen molar-refractivity contribution < 1.29 is 37.4 Å². The van der Waals surface area contributed by atoms with Crippen LogP contribution in [0.5, 0.6) is 0 Å². The molecule has 228 valence electrons. The Morgan fingerprint density at radius 2 is 1.56 bits per heavy atom. The topological polar surface area (TPSA) is 114 Å². The van der Waals surface area contributed by atoms with Gasteiger partial charge in [-0.15, -0.1) is 0 Å². The van der Waals surface area contributed by atoms with Crippen LogP contribution in [-0.4, -0.2) is 72.5 Å². The third-order valence-corrected chi connectivity index (χ3v) is 11.4. The standard InChI is InChI=1S/C25H32F5N5O4S2/c26-41(27,28,29,30)21-9-7-19(8-10-21)23(18-5-6-18)32-24(36)22-4-2-12-35(22)25(37)20-3-1-11-33(16-20)40(38,39)34-14-17(13-31)15-34/h7-10,17-18,20,22-23H,1-6,11-12,14-16H2,(H,32,36)/t20-,22+,23?/m0/s1. The van der Waals surface area contributed by atoms with Gasteiger partial charge in [0.05, 0.1) is 23.9 Å². The maximum absolute atomic E-state index is 13.5. The molecule has 4 fully saturated rings. The first-order valence-corrected chi connectivity index (χ1v) is 16.9. The average Bonchev–Trinajstić information content (AvgIpc) is 3.59. The minimum absolute atomic E-state index is 0.0249. The fourth-order valence-corrected chi connectivity index (χ4v) is 8.29. The van der Waals surface area contributed by atoms with E-state index in [2.05, 4.69) is 5.32 Å². The zero-order chi connectivity index (χ0) is 29.9. The number of nitrogens with zero attached hydrogens (tertiary/aromatic N) is 4.